The maximum Gasteiger partial charge on any atom is 0.242 e. The van der Waals surface area contributed by atoms with Gasteiger partial charge in [0.15, 0.2) is 0 Å². The Labute approximate surface area is 208 Å². The Bertz CT molecular complexity index is 493. The van der Waals surface area contributed by atoms with Gasteiger partial charge in [-0.3, -0.25) is 14.4 Å². The molecule has 2 amide bonds. The average Bonchev–Trinajstić information content (AvgIpc) is 2.81. The topological polar surface area (TPSA) is 123 Å². The highest BCUT2D eigenvalue weighted by molar-refractivity contribution is 5.84. The molecule has 0 radical (unpaired) electrons. The van der Waals surface area contributed by atoms with E-state index >= 15 is 0 Å². The molecule has 9 nitrogen and oxygen atoms in total. The molecule has 0 aliphatic rings. The van der Waals surface area contributed by atoms with Crippen molar-refractivity contribution in [2.45, 2.75) is 96.2 Å². The Balaban J connectivity index is 0. The molecule has 0 rings (SSSR count). The van der Waals surface area contributed by atoms with Gasteiger partial charge in [-0.25, -0.2) is 0 Å². The molecule has 0 aromatic carbocycles. The summed E-state index contributed by atoms with van der Waals surface area (Å²) in [6, 6.07) is -0.0249. The number of ketones is 1. The second kappa shape index (κ2) is 26.1. The van der Waals surface area contributed by atoms with Crippen LogP contribution in [-0.2, 0) is 14.4 Å². The highest BCUT2D eigenvalue weighted by Crippen LogP contribution is 2.08. The second-order valence-electron chi connectivity index (χ2n) is 8.94. The standard InChI is InChI=1S/C17H34N4O3.C8H20N2/c1-14(23)12-15(8-4-6-10-18-2)21-17(24)16(20-13-22)9-5-7-11-19-3;1-8(10-3)6-4-5-7-9-2/h13,15-16,18-19H,4-12H2,1-3H3,(H,20,22)(H,21,24);8-10H,4-7H2,1-3H3. The molecule has 0 spiro atoms. The Morgan fingerprint density at radius 2 is 1.26 bits per heavy atom. The zero-order chi connectivity index (χ0) is 26.0. The van der Waals surface area contributed by atoms with Crippen LogP contribution in [0.2, 0.25) is 0 Å². The first kappa shape index (κ1) is 34.6. The molecule has 6 N–H and O–H groups in total. The maximum absolute atomic E-state index is 12.4. The number of hydrogen-bond donors (Lipinski definition) is 6. The quantitative estimate of drug-likeness (QED) is 0.101. The molecule has 0 aliphatic heterocycles. The van der Waals surface area contributed by atoms with Crippen LogP contribution in [0.25, 0.3) is 0 Å². The van der Waals surface area contributed by atoms with Crippen molar-refractivity contribution < 1.29 is 14.4 Å². The number of unbranched alkanes of at least 4 members (excludes halogenated alkanes) is 3. The molecule has 3 atom stereocenters. The van der Waals surface area contributed by atoms with E-state index in [1.54, 1.807) is 0 Å². The van der Waals surface area contributed by atoms with Crippen LogP contribution >= 0.6 is 0 Å². The van der Waals surface area contributed by atoms with Crippen LogP contribution < -0.4 is 31.9 Å². The molecule has 9 heteroatoms. The molecule has 0 aromatic heterocycles. The van der Waals surface area contributed by atoms with Crippen molar-refractivity contribution in [3.63, 3.8) is 0 Å². The van der Waals surface area contributed by atoms with Crippen molar-refractivity contribution in [1.29, 1.82) is 0 Å². The number of nitrogens with one attached hydrogen (secondary N) is 6. The van der Waals surface area contributed by atoms with Gasteiger partial charge in [0.2, 0.25) is 12.3 Å². The van der Waals surface area contributed by atoms with Gasteiger partial charge in [0.05, 0.1) is 0 Å². The molecular weight excluding hydrogens is 432 g/mol. The summed E-state index contributed by atoms with van der Waals surface area (Å²) in [5.74, 6) is -0.144. The summed E-state index contributed by atoms with van der Waals surface area (Å²) in [5.41, 5.74) is 0. The monoisotopic (exact) mass is 486 g/mol. The van der Waals surface area contributed by atoms with Gasteiger partial charge < -0.3 is 31.9 Å². The highest BCUT2D eigenvalue weighted by Gasteiger charge is 2.21. The number of carbonyl (C=O) groups excluding carboxylic acids is 3. The van der Waals surface area contributed by atoms with Crippen LogP contribution in [0.3, 0.4) is 0 Å². The minimum atomic E-state index is -0.536. The fraction of sp³-hybridized carbons (Fsp3) is 0.880. The van der Waals surface area contributed by atoms with Crippen molar-refractivity contribution in [2.75, 3.05) is 47.8 Å². The number of amides is 2. The van der Waals surface area contributed by atoms with Gasteiger partial charge in [0.25, 0.3) is 0 Å². The third-order valence-electron chi connectivity index (χ3n) is 5.67. The van der Waals surface area contributed by atoms with Crippen molar-refractivity contribution in [1.82, 2.24) is 31.9 Å². The Morgan fingerprint density at radius 3 is 1.71 bits per heavy atom. The summed E-state index contributed by atoms with van der Waals surface area (Å²) in [5, 5.41) is 18.0. The van der Waals surface area contributed by atoms with Gasteiger partial charge in [0.1, 0.15) is 11.8 Å². The summed E-state index contributed by atoms with van der Waals surface area (Å²) in [7, 11) is 7.80. The SMILES string of the molecule is CNCCCCC(C)NC.CNCCCCC(CC(C)=O)NC(=O)C(CCCCNC)NC=O. The predicted molar refractivity (Wildman–Crippen MR) is 142 cm³/mol. The zero-order valence-corrected chi connectivity index (χ0v) is 22.7. The van der Waals surface area contributed by atoms with Crippen LogP contribution in [0.1, 0.15) is 78.1 Å². The van der Waals surface area contributed by atoms with Gasteiger partial charge >= 0.3 is 0 Å². The van der Waals surface area contributed by atoms with Crippen molar-refractivity contribution in [3.05, 3.63) is 0 Å². The van der Waals surface area contributed by atoms with Gasteiger partial charge in [-0.15, -0.1) is 0 Å². The minimum Gasteiger partial charge on any atom is -0.351 e. The highest BCUT2D eigenvalue weighted by atomic mass is 16.2. The van der Waals surface area contributed by atoms with E-state index in [1.165, 1.54) is 26.2 Å². The molecule has 0 bridgehead atoms. The van der Waals surface area contributed by atoms with E-state index < -0.39 is 6.04 Å². The van der Waals surface area contributed by atoms with E-state index in [0.29, 0.717) is 25.3 Å². The van der Waals surface area contributed by atoms with E-state index in [0.717, 1.165) is 51.7 Å². The van der Waals surface area contributed by atoms with Gasteiger partial charge in [-0.1, -0.05) is 12.8 Å². The first-order chi connectivity index (χ1) is 16.4. The van der Waals surface area contributed by atoms with Crippen LogP contribution in [0.4, 0.5) is 0 Å². The maximum atomic E-state index is 12.4. The Morgan fingerprint density at radius 1 is 0.765 bits per heavy atom. The smallest absolute Gasteiger partial charge is 0.242 e. The zero-order valence-electron chi connectivity index (χ0n) is 22.7. The lowest BCUT2D eigenvalue weighted by Crippen LogP contribution is -2.48. The number of Topliss-reactive ketones (excluding diaryl/α,β-unsaturated/α-hetero) is 1. The Hall–Kier alpha value is -1.55. The minimum absolute atomic E-state index is 0.0582. The summed E-state index contributed by atoms with van der Waals surface area (Å²) < 4.78 is 0. The van der Waals surface area contributed by atoms with Gasteiger partial charge in [-0.2, -0.15) is 0 Å². The van der Waals surface area contributed by atoms with E-state index in [2.05, 4.69) is 38.8 Å². The largest absolute Gasteiger partial charge is 0.351 e. The number of carbonyl (C=O) groups is 3. The lowest BCUT2D eigenvalue weighted by atomic mass is 10.0. The first-order valence-electron chi connectivity index (χ1n) is 13.0. The van der Waals surface area contributed by atoms with Gasteiger partial charge in [-0.05, 0) is 107 Å². The van der Waals surface area contributed by atoms with Crippen LogP contribution in [0, 0.1) is 0 Å². The average molecular weight is 487 g/mol. The lowest BCUT2D eigenvalue weighted by molar-refractivity contribution is -0.126. The van der Waals surface area contributed by atoms with Crippen LogP contribution in [0.5, 0.6) is 0 Å². The van der Waals surface area contributed by atoms with E-state index in [-0.39, 0.29) is 17.7 Å². The van der Waals surface area contributed by atoms with E-state index in [4.69, 9.17) is 0 Å². The third kappa shape index (κ3) is 23.6. The van der Waals surface area contributed by atoms with E-state index in [1.807, 2.05) is 28.2 Å². The van der Waals surface area contributed by atoms with Crippen molar-refractivity contribution >= 4 is 18.1 Å². The van der Waals surface area contributed by atoms with Gasteiger partial charge in [0, 0.05) is 18.5 Å². The number of hydrogen-bond acceptors (Lipinski definition) is 7. The molecular formula is C25H54N6O3. The van der Waals surface area contributed by atoms with Crippen molar-refractivity contribution in [3.8, 4) is 0 Å². The molecule has 0 saturated heterocycles. The normalized spacial score (nSPS) is 13.2. The van der Waals surface area contributed by atoms with Crippen LogP contribution in [0.15, 0.2) is 0 Å². The summed E-state index contributed by atoms with van der Waals surface area (Å²) in [4.78, 5) is 34.6. The molecule has 3 unspecified atom stereocenters. The molecule has 0 saturated carbocycles. The fourth-order valence-corrected chi connectivity index (χ4v) is 3.49. The van der Waals surface area contributed by atoms with E-state index in [9.17, 15) is 14.4 Å². The molecule has 0 aliphatic carbocycles. The fourth-order valence-electron chi connectivity index (χ4n) is 3.49. The molecule has 202 valence electrons. The predicted octanol–water partition coefficient (Wildman–Crippen LogP) is 1.33. The first-order valence-corrected chi connectivity index (χ1v) is 13.0. The molecule has 0 fully saturated rings. The summed E-state index contributed by atoms with van der Waals surface area (Å²) in [6.45, 7) is 6.71. The number of rotatable bonds is 22. The molecule has 0 aromatic rings. The molecule has 34 heavy (non-hydrogen) atoms. The summed E-state index contributed by atoms with van der Waals surface area (Å²) in [6.07, 6.45) is 9.89. The second-order valence-corrected chi connectivity index (χ2v) is 8.94. The third-order valence-corrected chi connectivity index (χ3v) is 5.67. The van der Waals surface area contributed by atoms with Crippen molar-refractivity contribution in [2.24, 2.45) is 0 Å². The Kier molecular flexibility index (Phi) is 26.5. The molecule has 0 heterocycles. The van der Waals surface area contributed by atoms with Crippen LogP contribution in [-0.4, -0.2) is 84.1 Å². The lowest BCUT2D eigenvalue weighted by Gasteiger charge is -2.22. The summed E-state index contributed by atoms with van der Waals surface area (Å²) >= 11 is 0.